The number of anilines is 3. The second kappa shape index (κ2) is 12.9. The third-order valence-electron chi connectivity index (χ3n) is 11.0. The van der Waals surface area contributed by atoms with Gasteiger partial charge in [-0.2, -0.15) is 0 Å². The monoisotopic (exact) mass is 718 g/mol. The maximum absolute atomic E-state index is 2.43. The summed E-state index contributed by atoms with van der Waals surface area (Å²) in [6.07, 6.45) is 0. The van der Waals surface area contributed by atoms with Crippen molar-refractivity contribution in [2.75, 3.05) is 4.90 Å². The highest BCUT2D eigenvalue weighted by Gasteiger charge is 2.22. The van der Waals surface area contributed by atoms with E-state index >= 15 is 0 Å². The molecular formula is C52H34N2S. The largest absolute Gasteiger partial charge is 0.308 e. The summed E-state index contributed by atoms with van der Waals surface area (Å²) in [4.78, 5) is 2.43. The van der Waals surface area contributed by atoms with Gasteiger partial charge in [-0.1, -0.05) is 140 Å². The van der Waals surface area contributed by atoms with Crippen LogP contribution < -0.4 is 4.90 Å². The third-order valence-corrected chi connectivity index (χ3v) is 12.1. The summed E-state index contributed by atoms with van der Waals surface area (Å²) < 4.78 is 5.07. The van der Waals surface area contributed by atoms with Crippen molar-refractivity contribution in [2.24, 2.45) is 0 Å². The Labute approximate surface area is 323 Å². The summed E-state index contributed by atoms with van der Waals surface area (Å²) in [5, 5.41) is 7.72. The molecule has 258 valence electrons. The van der Waals surface area contributed by atoms with E-state index in [0.717, 1.165) is 22.7 Å². The smallest absolute Gasteiger partial charge is 0.0782 e. The Morgan fingerprint density at radius 1 is 0.382 bits per heavy atom. The SMILES string of the molecule is c1ccc(-c2cccc(N(c3ccc(-c4ccc5sc6ccc7ccccc7c6c5c4)cc3)c3cccc4c5ccccc5n(-c5ccccc5)c34)c2)cc1. The molecule has 0 saturated carbocycles. The Balaban J connectivity index is 1.11. The van der Waals surface area contributed by atoms with E-state index in [2.05, 4.69) is 216 Å². The van der Waals surface area contributed by atoms with E-state index in [1.165, 1.54) is 75.0 Å². The van der Waals surface area contributed by atoms with E-state index in [1.807, 2.05) is 11.3 Å². The lowest BCUT2D eigenvalue weighted by molar-refractivity contribution is 1.17. The fourth-order valence-corrected chi connectivity index (χ4v) is 9.54. The topological polar surface area (TPSA) is 8.17 Å². The average molecular weight is 719 g/mol. The van der Waals surface area contributed by atoms with E-state index in [-0.39, 0.29) is 0 Å². The first kappa shape index (κ1) is 31.6. The highest BCUT2D eigenvalue weighted by Crippen LogP contribution is 2.45. The van der Waals surface area contributed by atoms with Crippen LogP contribution >= 0.6 is 11.3 Å². The molecule has 0 N–H and O–H groups in total. The number of hydrogen-bond donors (Lipinski definition) is 0. The minimum absolute atomic E-state index is 1.10. The lowest BCUT2D eigenvalue weighted by atomic mass is 9.99. The molecule has 2 nitrogen and oxygen atoms in total. The Morgan fingerprint density at radius 2 is 1.02 bits per heavy atom. The van der Waals surface area contributed by atoms with Crippen LogP contribution in [-0.2, 0) is 0 Å². The van der Waals surface area contributed by atoms with Crippen molar-refractivity contribution >= 4 is 81.1 Å². The summed E-state index contributed by atoms with van der Waals surface area (Å²) in [5.74, 6) is 0. The van der Waals surface area contributed by atoms with Crippen LogP contribution in [0.2, 0.25) is 0 Å². The van der Waals surface area contributed by atoms with Crippen molar-refractivity contribution in [1.29, 1.82) is 0 Å². The molecule has 0 amide bonds. The molecule has 55 heavy (non-hydrogen) atoms. The van der Waals surface area contributed by atoms with Crippen LogP contribution in [-0.4, -0.2) is 4.57 Å². The van der Waals surface area contributed by atoms with Gasteiger partial charge in [0.2, 0.25) is 0 Å². The minimum Gasteiger partial charge on any atom is -0.308 e. The number of para-hydroxylation sites is 3. The van der Waals surface area contributed by atoms with Crippen LogP contribution in [0.5, 0.6) is 0 Å². The molecule has 0 aliphatic rings. The first-order valence-electron chi connectivity index (χ1n) is 18.8. The van der Waals surface area contributed by atoms with Gasteiger partial charge in [-0.05, 0) is 99.8 Å². The molecule has 0 bridgehead atoms. The van der Waals surface area contributed by atoms with Crippen molar-refractivity contribution in [3.05, 3.63) is 206 Å². The van der Waals surface area contributed by atoms with E-state index < -0.39 is 0 Å². The van der Waals surface area contributed by atoms with Gasteiger partial charge in [0.25, 0.3) is 0 Å². The number of nitrogens with zero attached hydrogens (tertiary/aromatic N) is 2. The number of hydrogen-bond acceptors (Lipinski definition) is 2. The molecule has 11 aromatic rings. The molecule has 0 saturated heterocycles. The normalized spacial score (nSPS) is 11.6. The van der Waals surface area contributed by atoms with Gasteiger partial charge in [-0.15, -0.1) is 11.3 Å². The summed E-state index contributed by atoms with van der Waals surface area (Å²) >= 11 is 1.87. The number of aromatic nitrogens is 1. The average Bonchev–Trinajstić information content (AvgIpc) is 3.81. The third kappa shape index (κ3) is 5.24. The Morgan fingerprint density at radius 3 is 1.87 bits per heavy atom. The lowest BCUT2D eigenvalue weighted by Gasteiger charge is -2.28. The van der Waals surface area contributed by atoms with Crippen molar-refractivity contribution < 1.29 is 0 Å². The number of rotatable bonds is 6. The van der Waals surface area contributed by atoms with Crippen LogP contribution in [0.3, 0.4) is 0 Å². The van der Waals surface area contributed by atoms with Gasteiger partial charge in [-0.3, -0.25) is 0 Å². The van der Waals surface area contributed by atoms with Gasteiger partial charge in [0.1, 0.15) is 0 Å². The molecule has 11 rings (SSSR count). The quantitative estimate of drug-likeness (QED) is 0.166. The molecule has 0 unspecified atom stereocenters. The number of benzene rings is 9. The van der Waals surface area contributed by atoms with E-state index in [4.69, 9.17) is 0 Å². The molecule has 9 aromatic carbocycles. The minimum atomic E-state index is 1.10. The lowest BCUT2D eigenvalue weighted by Crippen LogP contribution is -2.11. The zero-order valence-electron chi connectivity index (χ0n) is 29.9. The maximum atomic E-state index is 2.43. The van der Waals surface area contributed by atoms with Crippen LogP contribution in [0.4, 0.5) is 17.1 Å². The summed E-state index contributed by atoms with van der Waals surface area (Å²) in [7, 11) is 0. The van der Waals surface area contributed by atoms with Crippen molar-refractivity contribution in [1.82, 2.24) is 4.57 Å². The predicted octanol–water partition coefficient (Wildman–Crippen LogP) is 15.1. The highest BCUT2D eigenvalue weighted by atomic mass is 32.1. The zero-order chi connectivity index (χ0) is 36.3. The molecular weight excluding hydrogens is 685 g/mol. The highest BCUT2D eigenvalue weighted by molar-refractivity contribution is 7.26. The standard InChI is InChI=1S/C52H34N2S/c1-3-13-35(14-4-1)38-16-11-19-42(33-38)53(48-24-12-22-45-44-21-9-10-23-47(44)54(52(45)48)40-17-5-2-6-18-40)41-29-25-36(26-30-41)39-28-31-49-46(34-39)51-43-20-8-7-15-37(43)27-32-50(51)55-49/h1-34H. The molecule has 0 aliphatic heterocycles. The van der Waals surface area contributed by atoms with Crippen molar-refractivity contribution in [3.63, 3.8) is 0 Å². The molecule has 0 radical (unpaired) electrons. The van der Waals surface area contributed by atoms with Gasteiger partial charge >= 0.3 is 0 Å². The van der Waals surface area contributed by atoms with Crippen molar-refractivity contribution in [2.45, 2.75) is 0 Å². The van der Waals surface area contributed by atoms with Gasteiger partial charge in [0.15, 0.2) is 0 Å². The van der Waals surface area contributed by atoms with E-state index in [1.54, 1.807) is 0 Å². The maximum Gasteiger partial charge on any atom is 0.0782 e. The van der Waals surface area contributed by atoms with Crippen LogP contribution in [0, 0.1) is 0 Å². The molecule has 0 fully saturated rings. The zero-order valence-corrected chi connectivity index (χ0v) is 30.7. The van der Waals surface area contributed by atoms with Crippen LogP contribution in [0.15, 0.2) is 206 Å². The van der Waals surface area contributed by atoms with Gasteiger partial charge in [-0.25, -0.2) is 0 Å². The summed E-state index contributed by atoms with van der Waals surface area (Å²) in [5.41, 5.74) is 11.6. The molecule has 3 heteroatoms. The number of thiophene rings is 1. The fraction of sp³-hybridized carbons (Fsp3) is 0. The van der Waals surface area contributed by atoms with Crippen LogP contribution in [0.25, 0.3) is 80.7 Å². The molecule has 2 aromatic heterocycles. The number of fused-ring (bicyclic) bond motifs is 8. The first-order chi connectivity index (χ1) is 27.3. The van der Waals surface area contributed by atoms with Crippen molar-refractivity contribution in [3.8, 4) is 27.9 Å². The van der Waals surface area contributed by atoms with E-state index in [0.29, 0.717) is 0 Å². The second-order valence-electron chi connectivity index (χ2n) is 14.1. The molecule has 0 aliphatic carbocycles. The second-order valence-corrected chi connectivity index (χ2v) is 15.2. The van der Waals surface area contributed by atoms with Gasteiger partial charge in [0.05, 0.1) is 16.7 Å². The summed E-state index contributed by atoms with van der Waals surface area (Å²) in [6.45, 7) is 0. The summed E-state index contributed by atoms with van der Waals surface area (Å²) in [6, 6.07) is 75.1. The van der Waals surface area contributed by atoms with E-state index in [9.17, 15) is 0 Å². The Kier molecular flexibility index (Phi) is 7.39. The predicted molar refractivity (Wildman–Crippen MR) is 237 cm³/mol. The van der Waals surface area contributed by atoms with Gasteiger partial charge < -0.3 is 9.47 Å². The Bertz CT molecular complexity index is 3190. The first-order valence-corrected chi connectivity index (χ1v) is 19.6. The van der Waals surface area contributed by atoms with Gasteiger partial charge in [0, 0.05) is 48.0 Å². The molecule has 0 spiro atoms. The fourth-order valence-electron chi connectivity index (χ4n) is 8.44. The molecule has 2 heterocycles. The van der Waals surface area contributed by atoms with Crippen LogP contribution in [0.1, 0.15) is 0 Å². The molecule has 0 atom stereocenters. The Hall–Kier alpha value is -6.94.